The van der Waals surface area contributed by atoms with Gasteiger partial charge in [0.25, 0.3) is 0 Å². The van der Waals surface area contributed by atoms with Crippen molar-refractivity contribution in [2.45, 2.75) is 45.0 Å². The normalized spacial score (nSPS) is 13.7. The van der Waals surface area contributed by atoms with Gasteiger partial charge < -0.3 is 9.16 Å². The molecule has 3 aromatic rings. The topological polar surface area (TPSA) is 85.8 Å². The van der Waals surface area contributed by atoms with Crippen molar-refractivity contribution in [3.05, 3.63) is 41.3 Å². The molecule has 1 atom stereocenters. The molecule has 1 aromatic carbocycles. The summed E-state index contributed by atoms with van der Waals surface area (Å²) in [6.07, 6.45) is -0.399. The van der Waals surface area contributed by atoms with E-state index in [1.807, 2.05) is 24.3 Å². The van der Waals surface area contributed by atoms with Gasteiger partial charge >= 0.3 is 0 Å². The monoisotopic (exact) mass is 405 g/mol. The van der Waals surface area contributed by atoms with Crippen molar-refractivity contribution in [2.75, 3.05) is 6.61 Å². The summed E-state index contributed by atoms with van der Waals surface area (Å²) in [5.74, 6) is 1.22. The summed E-state index contributed by atoms with van der Waals surface area (Å²) in [6.45, 7) is 11.2. The fourth-order valence-electron chi connectivity index (χ4n) is 2.34. The Hall–Kier alpha value is -2.03. The molecule has 2 heterocycles. The van der Waals surface area contributed by atoms with Crippen molar-refractivity contribution in [1.82, 2.24) is 25.6 Å². The second kappa shape index (κ2) is 7.53. The molecule has 0 amide bonds. The standard InChI is InChI=1S/C18H24ClN5O2Si/c1-18(2,3)27(4,5)26-15(17-21-23-24-22-17)11-25-13-7-8-14-12(10-13)6-9-16(19)20-14/h6-10,15H,11H2,1-5H3,(H,21,22,23,24). The van der Waals surface area contributed by atoms with Crippen LogP contribution in [0.5, 0.6) is 5.75 Å². The van der Waals surface area contributed by atoms with E-state index in [0.717, 1.165) is 16.7 Å². The quantitative estimate of drug-likeness (QED) is 0.478. The third-order valence-electron chi connectivity index (χ3n) is 4.92. The third-order valence-corrected chi connectivity index (χ3v) is 9.62. The minimum Gasteiger partial charge on any atom is -0.490 e. The summed E-state index contributed by atoms with van der Waals surface area (Å²) >= 11 is 5.94. The molecule has 0 aliphatic heterocycles. The van der Waals surface area contributed by atoms with E-state index in [-0.39, 0.29) is 5.04 Å². The van der Waals surface area contributed by atoms with Crippen LogP contribution in [-0.4, -0.2) is 40.5 Å². The van der Waals surface area contributed by atoms with Gasteiger partial charge in [-0.25, -0.2) is 4.98 Å². The Morgan fingerprint density at radius 2 is 1.96 bits per heavy atom. The number of nitrogens with one attached hydrogen (secondary N) is 1. The van der Waals surface area contributed by atoms with Crippen LogP contribution >= 0.6 is 11.6 Å². The number of H-pyrrole nitrogens is 1. The maximum absolute atomic E-state index is 6.47. The van der Waals surface area contributed by atoms with Gasteiger partial charge in [0, 0.05) is 5.39 Å². The molecule has 0 bridgehead atoms. The van der Waals surface area contributed by atoms with E-state index in [2.05, 4.69) is 59.5 Å². The number of aromatic amines is 1. The van der Waals surface area contributed by atoms with Crippen molar-refractivity contribution in [1.29, 1.82) is 0 Å². The van der Waals surface area contributed by atoms with E-state index in [1.54, 1.807) is 6.07 Å². The van der Waals surface area contributed by atoms with Gasteiger partial charge in [0.2, 0.25) is 5.82 Å². The molecule has 0 spiro atoms. The van der Waals surface area contributed by atoms with E-state index in [0.29, 0.717) is 17.6 Å². The molecular weight excluding hydrogens is 382 g/mol. The van der Waals surface area contributed by atoms with Crippen molar-refractivity contribution < 1.29 is 9.16 Å². The van der Waals surface area contributed by atoms with E-state index >= 15 is 0 Å². The number of ether oxygens (including phenoxy) is 1. The van der Waals surface area contributed by atoms with Crippen LogP contribution in [0.25, 0.3) is 10.9 Å². The molecular formula is C18H24ClN5O2Si. The Bertz CT molecular complexity index is 912. The maximum atomic E-state index is 6.47. The Balaban J connectivity index is 1.78. The zero-order valence-electron chi connectivity index (χ0n) is 16.2. The molecule has 0 fully saturated rings. The van der Waals surface area contributed by atoms with Gasteiger partial charge in [-0.2, -0.15) is 5.21 Å². The maximum Gasteiger partial charge on any atom is 0.205 e. The lowest BCUT2D eigenvalue weighted by Crippen LogP contribution is -2.43. The number of nitrogens with zero attached hydrogens (tertiary/aromatic N) is 4. The summed E-state index contributed by atoms with van der Waals surface area (Å²) in [7, 11) is -2.04. The van der Waals surface area contributed by atoms with E-state index in [4.69, 9.17) is 20.8 Å². The molecule has 0 aliphatic carbocycles. The van der Waals surface area contributed by atoms with Crippen molar-refractivity contribution in [3.63, 3.8) is 0 Å². The lowest BCUT2D eigenvalue weighted by Gasteiger charge is -2.38. The molecule has 1 unspecified atom stereocenters. The lowest BCUT2D eigenvalue weighted by atomic mass is 10.2. The van der Waals surface area contributed by atoms with E-state index in [1.165, 1.54) is 0 Å². The van der Waals surface area contributed by atoms with E-state index < -0.39 is 14.4 Å². The molecule has 9 heteroatoms. The first-order chi connectivity index (χ1) is 12.7. The number of hydrogen-bond donors (Lipinski definition) is 1. The number of hydrogen-bond acceptors (Lipinski definition) is 6. The van der Waals surface area contributed by atoms with Crippen LogP contribution in [-0.2, 0) is 4.43 Å². The molecule has 0 aliphatic rings. The van der Waals surface area contributed by atoms with Gasteiger partial charge in [0.15, 0.2) is 8.32 Å². The molecule has 2 aromatic heterocycles. The third kappa shape index (κ3) is 4.63. The van der Waals surface area contributed by atoms with Gasteiger partial charge in [-0.15, -0.1) is 10.2 Å². The molecule has 0 radical (unpaired) electrons. The Labute approximate surface area is 164 Å². The van der Waals surface area contributed by atoms with Gasteiger partial charge in [0.1, 0.15) is 23.6 Å². The van der Waals surface area contributed by atoms with Crippen LogP contribution in [0.4, 0.5) is 0 Å². The molecule has 7 nitrogen and oxygen atoms in total. The number of tetrazole rings is 1. The summed E-state index contributed by atoms with van der Waals surface area (Å²) in [6, 6.07) is 9.36. The summed E-state index contributed by atoms with van der Waals surface area (Å²) in [5.41, 5.74) is 0.821. The SMILES string of the molecule is CC(C)(C)[Si](C)(C)OC(COc1ccc2nc(Cl)ccc2c1)c1nn[nH]n1. The fraction of sp³-hybridized carbons (Fsp3) is 0.444. The van der Waals surface area contributed by atoms with Crippen LogP contribution in [0.2, 0.25) is 23.3 Å². The van der Waals surface area contributed by atoms with Crippen LogP contribution in [0.3, 0.4) is 0 Å². The van der Waals surface area contributed by atoms with Gasteiger partial charge in [0.05, 0.1) is 5.52 Å². The first-order valence-electron chi connectivity index (χ1n) is 8.76. The predicted octanol–water partition coefficient (Wildman–Crippen LogP) is 4.54. The highest BCUT2D eigenvalue weighted by Crippen LogP contribution is 2.39. The second-order valence-corrected chi connectivity index (χ2v) is 13.1. The lowest BCUT2D eigenvalue weighted by molar-refractivity contribution is 0.109. The van der Waals surface area contributed by atoms with Crippen LogP contribution < -0.4 is 4.74 Å². The van der Waals surface area contributed by atoms with Crippen molar-refractivity contribution in [3.8, 4) is 5.75 Å². The first kappa shape index (κ1) is 19.7. The minimum absolute atomic E-state index is 0.0584. The van der Waals surface area contributed by atoms with Crippen molar-refractivity contribution in [2.24, 2.45) is 0 Å². The predicted molar refractivity (Wildman–Crippen MR) is 107 cm³/mol. The minimum atomic E-state index is -2.04. The molecule has 0 saturated heterocycles. The molecule has 27 heavy (non-hydrogen) atoms. The van der Waals surface area contributed by atoms with Gasteiger partial charge in [-0.3, -0.25) is 0 Å². The zero-order chi connectivity index (χ0) is 19.7. The average molecular weight is 406 g/mol. The summed E-state index contributed by atoms with van der Waals surface area (Å²) in [5, 5.41) is 15.8. The highest BCUT2D eigenvalue weighted by molar-refractivity contribution is 6.74. The van der Waals surface area contributed by atoms with Crippen LogP contribution in [0.1, 0.15) is 32.7 Å². The Morgan fingerprint density at radius 3 is 2.63 bits per heavy atom. The van der Waals surface area contributed by atoms with Gasteiger partial charge in [-0.1, -0.05) is 37.6 Å². The van der Waals surface area contributed by atoms with Crippen molar-refractivity contribution >= 4 is 30.8 Å². The smallest absolute Gasteiger partial charge is 0.205 e. The molecule has 144 valence electrons. The first-order valence-corrected chi connectivity index (χ1v) is 12.0. The van der Waals surface area contributed by atoms with Crippen LogP contribution in [0.15, 0.2) is 30.3 Å². The number of aromatic nitrogens is 5. The molecule has 1 N–H and O–H groups in total. The highest BCUT2D eigenvalue weighted by atomic mass is 35.5. The molecule has 0 saturated carbocycles. The fourth-order valence-corrected chi connectivity index (χ4v) is 3.73. The zero-order valence-corrected chi connectivity index (χ0v) is 17.9. The summed E-state index contributed by atoms with van der Waals surface area (Å²) < 4.78 is 12.5. The van der Waals surface area contributed by atoms with E-state index in [9.17, 15) is 0 Å². The number of rotatable bonds is 6. The number of benzene rings is 1. The number of pyridine rings is 1. The van der Waals surface area contributed by atoms with Gasteiger partial charge in [-0.05, 0) is 48.5 Å². The highest BCUT2D eigenvalue weighted by Gasteiger charge is 2.40. The second-order valence-electron chi connectivity index (χ2n) is 7.94. The van der Waals surface area contributed by atoms with Crippen LogP contribution in [0, 0.1) is 0 Å². The average Bonchev–Trinajstić information content (AvgIpc) is 3.12. The largest absolute Gasteiger partial charge is 0.490 e. The molecule has 3 rings (SSSR count). The Morgan fingerprint density at radius 1 is 1.19 bits per heavy atom. The number of fused-ring (bicyclic) bond motifs is 1. The summed E-state index contributed by atoms with van der Waals surface area (Å²) in [4.78, 5) is 4.29. The Kier molecular flexibility index (Phi) is 5.50. The number of halogens is 1.